The summed E-state index contributed by atoms with van der Waals surface area (Å²) in [6.07, 6.45) is 0. The second kappa shape index (κ2) is 24.4. The van der Waals surface area contributed by atoms with E-state index in [1.807, 2.05) is 6.07 Å². The summed E-state index contributed by atoms with van der Waals surface area (Å²) < 4.78 is 77.5. The van der Waals surface area contributed by atoms with Crippen molar-refractivity contribution in [2.45, 2.75) is 171 Å². The maximum atomic E-state index is 9.88. The van der Waals surface area contributed by atoms with Crippen molar-refractivity contribution >= 4 is 79.0 Å². The van der Waals surface area contributed by atoms with Gasteiger partial charge in [-0.1, -0.05) is 325 Å². The van der Waals surface area contributed by atoms with E-state index < -0.39 is 36.3 Å². The van der Waals surface area contributed by atoms with Crippen LogP contribution in [0.2, 0.25) is 0 Å². The highest BCUT2D eigenvalue weighted by Crippen LogP contribution is 2.55. The molecule has 2 aliphatic rings. The Morgan fingerprint density at radius 3 is 1.02 bits per heavy atom. The summed E-state index contributed by atoms with van der Waals surface area (Å²) in [4.78, 5) is 5.09. The van der Waals surface area contributed by atoms with Crippen molar-refractivity contribution in [2.24, 2.45) is 0 Å². The summed E-state index contributed by atoms with van der Waals surface area (Å²) >= 11 is 0. The molecule has 0 radical (unpaired) electrons. The van der Waals surface area contributed by atoms with Crippen LogP contribution in [-0.2, 0) is 32.5 Å². The summed E-state index contributed by atoms with van der Waals surface area (Å²) in [5.41, 5.74) is 28.5. The summed E-state index contributed by atoms with van der Waals surface area (Å²) in [5.74, 6) is 0. The Morgan fingerprint density at radius 2 is 0.647 bits per heavy atom. The normalized spacial score (nSPS) is 14.5. The van der Waals surface area contributed by atoms with Crippen molar-refractivity contribution < 1.29 is 11.0 Å². The lowest BCUT2D eigenvalue weighted by Gasteiger charge is -2.46. The summed E-state index contributed by atoms with van der Waals surface area (Å²) in [7, 11) is 0. The lowest BCUT2D eigenvalue weighted by atomic mass is 9.33. The Balaban J connectivity index is 1.16. The summed E-state index contributed by atoms with van der Waals surface area (Å²) in [6.45, 7) is 44.8. The van der Waals surface area contributed by atoms with E-state index in [4.69, 9.17) is 2.74 Å². The second-order valence-electron chi connectivity index (χ2n) is 35.0. The van der Waals surface area contributed by atoms with Gasteiger partial charge in [0.2, 0.25) is 0 Å². The van der Waals surface area contributed by atoms with E-state index in [2.05, 4.69) is 336 Å². The number of benzene rings is 12. The molecular weight excluding hydrogens is 1230 g/mol. The highest BCUT2D eigenvalue weighted by atomic mass is 15.2. The molecule has 2 aliphatic heterocycles. The Morgan fingerprint density at radius 1 is 0.304 bits per heavy atom. The summed E-state index contributed by atoms with van der Waals surface area (Å²) in [6, 6.07) is 69.6. The van der Waals surface area contributed by atoms with Gasteiger partial charge >= 0.3 is 0 Å². The number of fused-ring (bicyclic) bond motifs is 7. The van der Waals surface area contributed by atoms with E-state index in [-0.39, 0.29) is 73.1 Å². The molecule has 510 valence electrons. The van der Waals surface area contributed by atoms with Gasteiger partial charge in [0.05, 0.1) is 33.4 Å². The van der Waals surface area contributed by atoms with Crippen LogP contribution in [0.4, 0.5) is 34.1 Å². The molecule has 0 saturated carbocycles. The van der Waals surface area contributed by atoms with Crippen molar-refractivity contribution in [1.29, 1.82) is 0 Å². The highest BCUT2D eigenvalue weighted by molar-refractivity contribution is 7.00. The fraction of sp³-hybridized carbons (Fsp3) is 0.265. The third kappa shape index (κ3) is 11.8. The van der Waals surface area contributed by atoms with E-state index in [1.165, 1.54) is 44.5 Å². The zero-order chi connectivity index (χ0) is 79.0. The standard InChI is InChI=1S/C98H100BN3/c1-61-55-72(97(15,16)17)56-62(2)89(61)67-43-54-85-82(57-67)99-81-53-52-74(100-83-33-23-21-27-79(83)80-28-22-24-34-84(80)100)60-86(81)102(92-77(65-39-48-70(49-40-65)95(9,10)11)31-26-32-78(92)66-41-50-71(51-42-66)96(12,13)14)88-59-73(98(18,19)20)58-87(90(88)99)101(85)91-75(63-35-44-68(45-36-63)93(3,4)5)29-25-30-76(91)64-37-46-69(47-38-64)94(6,7)8/h21-60H,1-20H3/i21D,22D,23D,24D,27D,28D,33D,34D. The van der Waals surface area contributed by atoms with Gasteiger partial charge in [-0.15, -0.1) is 0 Å². The first-order valence-corrected chi connectivity index (χ1v) is 36.4. The summed E-state index contributed by atoms with van der Waals surface area (Å²) in [5, 5.41) is 0.0413. The number of nitrogens with zero attached hydrogens (tertiary/aromatic N) is 3. The third-order valence-electron chi connectivity index (χ3n) is 21.7. The molecule has 12 aromatic carbocycles. The SMILES string of the molecule is [2H]c1c([2H])c([2H])c2c(c1[2H])c1c([2H])c([2H])c([2H])c([2H])c1n2-c1ccc2c(c1)N(c1c(-c3ccc(C(C)(C)C)cc3)cccc1-c1ccc(C(C)(C)C)cc1)c1cc(C(C)(C)C)cc3c1B2c1cc(-c2c(C)cc(C(C)(C)C)cc2C)ccc1N3c1c(-c2ccc(C(C)(C)C)cc2)cccc1-c1ccc(C(C)(C)C)cc1. The number of hydrogen-bond donors (Lipinski definition) is 0. The third-order valence-corrected chi connectivity index (χ3v) is 21.7. The molecule has 4 heteroatoms. The number of rotatable bonds is 8. The van der Waals surface area contributed by atoms with Crippen molar-refractivity contribution in [3.8, 4) is 61.3 Å². The minimum Gasteiger partial charge on any atom is -0.310 e. The first kappa shape index (κ1) is 58.7. The van der Waals surface area contributed by atoms with Gasteiger partial charge in [-0.3, -0.25) is 0 Å². The molecule has 3 heterocycles. The monoisotopic (exact) mass is 1340 g/mol. The van der Waals surface area contributed by atoms with Gasteiger partial charge in [-0.25, -0.2) is 0 Å². The molecule has 15 rings (SSSR count). The smallest absolute Gasteiger partial charge is 0.252 e. The van der Waals surface area contributed by atoms with E-state index in [9.17, 15) is 8.22 Å². The molecule has 0 aliphatic carbocycles. The molecule has 1 aromatic heterocycles. The zero-order valence-corrected chi connectivity index (χ0v) is 63.4. The maximum absolute atomic E-state index is 9.88. The average molecular weight is 1340 g/mol. The molecule has 0 saturated heterocycles. The van der Waals surface area contributed by atoms with Gasteiger partial charge in [0.15, 0.2) is 0 Å². The molecule has 13 aromatic rings. The topological polar surface area (TPSA) is 11.4 Å². The minimum atomic E-state index is -0.491. The van der Waals surface area contributed by atoms with Gasteiger partial charge in [-0.05, 0) is 183 Å². The molecule has 0 unspecified atom stereocenters. The van der Waals surface area contributed by atoms with Gasteiger partial charge in [0.25, 0.3) is 6.71 Å². The fourth-order valence-corrected chi connectivity index (χ4v) is 15.8. The second-order valence-corrected chi connectivity index (χ2v) is 35.0. The molecule has 0 atom stereocenters. The van der Waals surface area contributed by atoms with Crippen molar-refractivity contribution in [2.75, 3.05) is 9.80 Å². The quantitative estimate of drug-likeness (QED) is 0.141. The van der Waals surface area contributed by atoms with Crippen LogP contribution in [0.25, 0.3) is 83.1 Å². The Bertz CT molecular complexity index is 5690. The lowest BCUT2D eigenvalue weighted by Crippen LogP contribution is -2.61. The molecule has 102 heavy (non-hydrogen) atoms. The van der Waals surface area contributed by atoms with Crippen LogP contribution in [0.15, 0.2) is 242 Å². The number of para-hydroxylation sites is 4. The molecule has 0 bridgehead atoms. The van der Waals surface area contributed by atoms with E-state index in [1.54, 1.807) is 4.57 Å². The van der Waals surface area contributed by atoms with Crippen LogP contribution in [0.1, 0.15) is 180 Å². The maximum Gasteiger partial charge on any atom is 0.252 e. The van der Waals surface area contributed by atoms with Crippen LogP contribution in [0.5, 0.6) is 0 Å². The van der Waals surface area contributed by atoms with Gasteiger partial charge in [-0.2, -0.15) is 0 Å². The predicted molar refractivity (Wildman–Crippen MR) is 444 cm³/mol. The van der Waals surface area contributed by atoms with Crippen LogP contribution >= 0.6 is 0 Å². The minimum absolute atomic E-state index is 0.0207. The first-order valence-electron chi connectivity index (χ1n) is 40.4. The van der Waals surface area contributed by atoms with Crippen molar-refractivity contribution in [3.05, 3.63) is 287 Å². The van der Waals surface area contributed by atoms with Gasteiger partial charge in [0, 0.05) is 61.5 Å². The average Bonchev–Trinajstić information content (AvgIpc) is 0.934. The fourth-order valence-electron chi connectivity index (χ4n) is 15.8. The molecular formula is C98H100BN3. The van der Waals surface area contributed by atoms with Crippen molar-refractivity contribution in [3.63, 3.8) is 0 Å². The van der Waals surface area contributed by atoms with E-state index in [0.29, 0.717) is 5.69 Å². The molecule has 3 nitrogen and oxygen atoms in total. The van der Waals surface area contributed by atoms with Gasteiger partial charge < -0.3 is 14.4 Å². The molecule has 0 N–H and O–H groups in total. The largest absolute Gasteiger partial charge is 0.310 e. The van der Waals surface area contributed by atoms with Crippen LogP contribution < -0.4 is 26.2 Å². The van der Waals surface area contributed by atoms with E-state index >= 15 is 0 Å². The van der Waals surface area contributed by atoms with Crippen LogP contribution in [-0.4, -0.2) is 11.3 Å². The lowest BCUT2D eigenvalue weighted by molar-refractivity contribution is 0.589. The number of aromatic nitrogens is 1. The molecule has 0 amide bonds. The molecule has 0 spiro atoms. The zero-order valence-electron chi connectivity index (χ0n) is 71.4. The Labute approximate surface area is 620 Å². The first-order chi connectivity index (χ1) is 51.5. The number of hydrogen-bond acceptors (Lipinski definition) is 2. The highest BCUT2D eigenvalue weighted by Gasteiger charge is 2.46. The van der Waals surface area contributed by atoms with Gasteiger partial charge in [0.1, 0.15) is 0 Å². The number of anilines is 6. The predicted octanol–water partition coefficient (Wildman–Crippen LogP) is 25.6. The Hall–Kier alpha value is -9.90. The number of aryl methyl sites for hydroxylation is 2. The Kier molecular flexibility index (Phi) is 14.0. The van der Waals surface area contributed by atoms with Crippen LogP contribution in [0.3, 0.4) is 0 Å². The van der Waals surface area contributed by atoms with E-state index in [0.717, 1.165) is 106 Å². The van der Waals surface area contributed by atoms with Crippen molar-refractivity contribution in [1.82, 2.24) is 4.57 Å². The van der Waals surface area contributed by atoms with Crippen LogP contribution in [0, 0.1) is 13.8 Å². The molecule has 0 fully saturated rings.